The number of hydrogen-bond acceptors (Lipinski definition) is 6. The van der Waals surface area contributed by atoms with E-state index in [1.807, 2.05) is 0 Å². The molecule has 1 N–H and O–H groups in total. The normalized spacial score (nSPS) is 12.2. The lowest BCUT2D eigenvalue weighted by atomic mass is 10.1. The highest BCUT2D eigenvalue weighted by molar-refractivity contribution is 7.16. The number of carbonyl (C=O) groups is 2. The minimum absolute atomic E-state index is 0.139. The van der Waals surface area contributed by atoms with Gasteiger partial charge in [-0.25, -0.2) is 4.79 Å². The molecule has 1 heterocycles. The fraction of sp³-hybridized carbons (Fsp3) is 0.278. The number of nitrogens with zero attached hydrogens (tertiary/aromatic N) is 1. The lowest BCUT2D eigenvalue weighted by Crippen LogP contribution is -2.21. The van der Waals surface area contributed by atoms with Crippen LogP contribution in [0.25, 0.3) is 0 Å². The maximum Gasteiger partial charge on any atom is 0.342 e. The molecule has 0 aliphatic heterocycles. The second-order valence-corrected chi connectivity index (χ2v) is 7.18. The van der Waals surface area contributed by atoms with Gasteiger partial charge in [-0.15, -0.1) is 11.3 Å². The third-order valence-electron chi connectivity index (χ3n) is 4.00. The van der Waals surface area contributed by atoms with E-state index in [4.69, 9.17) is 21.1 Å². The predicted octanol–water partition coefficient (Wildman–Crippen LogP) is 3.57. The number of hydrogen-bond donors (Lipinski definition) is 1. The zero-order valence-electron chi connectivity index (χ0n) is 13.9. The zero-order chi connectivity index (χ0) is 18.7. The first kappa shape index (κ1) is 18.2. The second kappa shape index (κ2) is 7.77. The van der Waals surface area contributed by atoms with Crippen LogP contribution in [-0.4, -0.2) is 25.6 Å². The van der Waals surface area contributed by atoms with Crippen molar-refractivity contribution in [1.82, 2.24) is 0 Å². The van der Waals surface area contributed by atoms with Crippen LogP contribution >= 0.6 is 22.9 Å². The number of aryl methyl sites for hydroxylation is 1. The summed E-state index contributed by atoms with van der Waals surface area (Å²) in [5, 5.41) is 12.9. The van der Waals surface area contributed by atoms with Gasteiger partial charge in [-0.2, -0.15) is 5.26 Å². The number of thiophene rings is 1. The van der Waals surface area contributed by atoms with Crippen LogP contribution in [0, 0.1) is 11.3 Å². The van der Waals surface area contributed by atoms with Crippen molar-refractivity contribution >= 4 is 39.8 Å². The first-order valence-electron chi connectivity index (χ1n) is 7.88. The maximum absolute atomic E-state index is 12.2. The van der Waals surface area contributed by atoms with Crippen LogP contribution < -0.4 is 10.1 Å². The minimum atomic E-state index is -0.714. The summed E-state index contributed by atoms with van der Waals surface area (Å²) in [4.78, 5) is 25.4. The van der Waals surface area contributed by atoms with Crippen molar-refractivity contribution in [3.8, 4) is 11.8 Å². The predicted molar refractivity (Wildman–Crippen MR) is 98.0 cm³/mol. The summed E-state index contributed by atoms with van der Waals surface area (Å²) in [6.07, 6.45) is 2.81. The van der Waals surface area contributed by atoms with Gasteiger partial charge < -0.3 is 14.8 Å². The van der Waals surface area contributed by atoms with Gasteiger partial charge in [0.1, 0.15) is 22.4 Å². The van der Waals surface area contributed by atoms with E-state index in [1.54, 1.807) is 12.1 Å². The Hall–Kier alpha value is -2.56. The van der Waals surface area contributed by atoms with Gasteiger partial charge in [0.25, 0.3) is 5.91 Å². The maximum atomic E-state index is 12.2. The highest BCUT2D eigenvalue weighted by Crippen LogP contribution is 2.38. The molecule has 6 nitrogen and oxygen atoms in total. The highest BCUT2D eigenvalue weighted by Gasteiger charge is 2.23. The molecule has 0 atom stereocenters. The molecule has 3 rings (SSSR count). The van der Waals surface area contributed by atoms with Crippen LogP contribution in [0.1, 0.15) is 32.8 Å². The van der Waals surface area contributed by atoms with Crippen LogP contribution in [0.4, 0.5) is 5.00 Å². The number of carbonyl (C=O) groups excluding carboxylic acids is 2. The van der Waals surface area contributed by atoms with Crippen molar-refractivity contribution in [2.75, 3.05) is 19.0 Å². The van der Waals surface area contributed by atoms with E-state index in [1.165, 1.54) is 24.5 Å². The van der Waals surface area contributed by atoms with Crippen LogP contribution in [0.2, 0.25) is 5.02 Å². The molecule has 1 amide bonds. The summed E-state index contributed by atoms with van der Waals surface area (Å²) in [5.74, 6) is -0.911. The molecule has 26 heavy (non-hydrogen) atoms. The molecular weight excluding hydrogens is 376 g/mol. The van der Waals surface area contributed by atoms with Gasteiger partial charge in [0.15, 0.2) is 6.61 Å². The molecule has 8 heteroatoms. The van der Waals surface area contributed by atoms with Crippen LogP contribution in [0.3, 0.4) is 0 Å². The molecule has 0 unspecified atom stereocenters. The SMILES string of the molecule is COc1ccc(Cl)cc1C(=O)OCC(=O)Nc1sc2c(c1C#N)CCC2. The highest BCUT2D eigenvalue weighted by atomic mass is 35.5. The summed E-state index contributed by atoms with van der Waals surface area (Å²) in [6, 6.07) is 6.70. The molecule has 0 saturated heterocycles. The first-order chi connectivity index (χ1) is 12.5. The number of halogens is 1. The standard InChI is InChI=1S/C18H15ClN2O4S/c1-24-14-6-5-10(19)7-12(14)18(23)25-9-16(22)21-17-13(8-20)11-3-2-4-15(11)26-17/h5-7H,2-4,9H2,1H3,(H,21,22). The number of nitriles is 1. The second-order valence-electron chi connectivity index (χ2n) is 5.64. The average Bonchev–Trinajstić information content (AvgIpc) is 3.20. The van der Waals surface area contributed by atoms with Crippen molar-refractivity contribution in [1.29, 1.82) is 5.26 Å². The van der Waals surface area contributed by atoms with Gasteiger partial charge in [0, 0.05) is 9.90 Å². The van der Waals surface area contributed by atoms with E-state index in [0.29, 0.717) is 21.3 Å². The third-order valence-corrected chi connectivity index (χ3v) is 5.44. The number of amides is 1. The Morgan fingerprint density at radius 2 is 2.19 bits per heavy atom. The molecule has 0 radical (unpaired) electrons. The number of nitrogens with one attached hydrogen (secondary N) is 1. The van der Waals surface area contributed by atoms with E-state index in [2.05, 4.69) is 11.4 Å². The monoisotopic (exact) mass is 390 g/mol. The molecule has 1 aromatic carbocycles. The molecule has 0 fully saturated rings. The van der Waals surface area contributed by atoms with E-state index < -0.39 is 18.5 Å². The topological polar surface area (TPSA) is 88.4 Å². The lowest BCUT2D eigenvalue weighted by Gasteiger charge is -2.09. The van der Waals surface area contributed by atoms with E-state index >= 15 is 0 Å². The summed E-state index contributed by atoms with van der Waals surface area (Å²) in [7, 11) is 1.42. The Balaban J connectivity index is 1.64. The summed E-state index contributed by atoms with van der Waals surface area (Å²) < 4.78 is 10.1. The summed E-state index contributed by atoms with van der Waals surface area (Å²) in [5.41, 5.74) is 1.67. The Kier molecular flexibility index (Phi) is 5.45. The first-order valence-corrected chi connectivity index (χ1v) is 9.08. The van der Waals surface area contributed by atoms with Crippen LogP contribution in [0.5, 0.6) is 5.75 Å². The number of fused-ring (bicyclic) bond motifs is 1. The van der Waals surface area contributed by atoms with Gasteiger partial charge in [-0.1, -0.05) is 11.6 Å². The number of rotatable bonds is 5. The Morgan fingerprint density at radius 3 is 2.92 bits per heavy atom. The molecule has 0 bridgehead atoms. The number of esters is 1. The Morgan fingerprint density at radius 1 is 1.38 bits per heavy atom. The smallest absolute Gasteiger partial charge is 0.342 e. The quantitative estimate of drug-likeness (QED) is 0.788. The van der Waals surface area contributed by atoms with Gasteiger partial charge in [0.2, 0.25) is 0 Å². The van der Waals surface area contributed by atoms with E-state index in [9.17, 15) is 14.9 Å². The minimum Gasteiger partial charge on any atom is -0.496 e. The van der Waals surface area contributed by atoms with E-state index in [-0.39, 0.29) is 5.56 Å². The summed E-state index contributed by atoms with van der Waals surface area (Å²) >= 11 is 7.29. The molecule has 1 aliphatic rings. The third kappa shape index (κ3) is 3.66. The molecular formula is C18H15ClN2O4S. The van der Waals surface area contributed by atoms with Crippen molar-refractivity contribution in [3.05, 3.63) is 44.8 Å². The van der Waals surface area contributed by atoms with Gasteiger partial charge in [-0.3, -0.25) is 4.79 Å². The number of anilines is 1. The van der Waals surface area contributed by atoms with Crippen LogP contribution in [-0.2, 0) is 22.4 Å². The van der Waals surface area contributed by atoms with Crippen molar-refractivity contribution in [2.45, 2.75) is 19.3 Å². The molecule has 1 aliphatic carbocycles. The molecule has 1 aromatic heterocycles. The molecule has 2 aromatic rings. The van der Waals surface area contributed by atoms with Crippen molar-refractivity contribution in [3.63, 3.8) is 0 Å². The van der Waals surface area contributed by atoms with E-state index in [0.717, 1.165) is 29.7 Å². The molecule has 134 valence electrons. The largest absolute Gasteiger partial charge is 0.496 e. The van der Waals surface area contributed by atoms with Crippen molar-refractivity contribution in [2.24, 2.45) is 0 Å². The molecule has 0 spiro atoms. The number of methoxy groups -OCH3 is 1. The number of ether oxygens (including phenoxy) is 2. The lowest BCUT2D eigenvalue weighted by molar-refractivity contribution is -0.119. The molecule has 0 saturated carbocycles. The zero-order valence-corrected chi connectivity index (χ0v) is 15.5. The fourth-order valence-corrected chi connectivity index (χ4v) is 4.25. The van der Waals surface area contributed by atoms with Gasteiger partial charge in [0.05, 0.1) is 12.7 Å². The Bertz CT molecular complexity index is 917. The summed E-state index contributed by atoms with van der Waals surface area (Å²) in [6.45, 7) is -0.470. The number of benzene rings is 1. The Labute approximate surface area is 159 Å². The van der Waals surface area contributed by atoms with Gasteiger partial charge >= 0.3 is 5.97 Å². The fourth-order valence-electron chi connectivity index (χ4n) is 2.82. The average molecular weight is 391 g/mol. The van der Waals surface area contributed by atoms with Crippen molar-refractivity contribution < 1.29 is 19.1 Å². The van der Waals surface area contributed by atoms with Crippen LogP contribution in [0.15, 0.2) is 18.2 Å². The van der Waals surface area contributed by atoms with Gasteiger partial charge in [-0.05, 0) is 43.0 Å².